The van der Waals surface area contributed by atoms with Crippen LogP contribution in [0.25, 0.3) is 21.9 Å². The minimum absolute atomic E-state index is 0.0784. The Morgan fingerprint density at radius 2 is 1.74 bits per heavy atom. The third-order valence-electron chi connectivity index (χ3n) is 13.3. The van der Waals surface area contributed by atoms with E-state index in [-0.39, 0.29) is 55.9 Å². The lowest BCUT2D eigenvalue weighted by molar-refractivity contribution is -0.181. The van der Waals surface area contributed by atoms with E-state index >= 15 is 8.78 Å². The molecule has 1 saturated carbocycles. The van der Waals surface area contributed by atoms with Crippen molar-refractivity contribution in [2.24, 2.45) is 18.4 Å². The van der Waals surface area contributed by atoms with E-state index in [0.29, 0.717) is 58.6 Å². The fraction of sp³-hybridized carbons (Fsp3) is 0.465. The van der Waals surface area contributed by atoms with E-state index in [2.05, 4.69) is 10.6 Å². The molecular formula is C43H45F5N8O5. The lowest BCUT2D eigenvalue weighted by Gasteiger charge is -2.58. The molecule has 3 amide bonds. The Kier molecular flexibility index (Phi) is 9.98. The summed E-state index contributed by atoms with van der Waals surface area (Å²) in [6, 6.07) is 12.1. The van der Waals surface area contributed by atoms with Crippen LogP contribution in [-0.2, 0) is 22.8 Å². The van der Waals surface area contributed by atoms with Crippen molar-refractivity contribution in [3.05, 3.63) is 82.4 Å². The van der Waals surface area contributed by atoms with Crippen molar-refractivity contribution in [3.63, 3.8) is 0 Å². The fourth-order valence-corrected chi connectivity index (χ4v) is 9.90. The van der Waals surface area contributed by atoms with E-state index < -0.39 is 46.6 Å². The van der Waals surface area contributed by atoms with Gasteiger partial charge in [0.1, 0.15) is 11.8 Å². The lowest BCUT2D eigenvalue weighted by atomic mass is 9.68. The van der Waals surface area contributed by atoms with Crippen LogP contribution in [-0.4, -0.2) is 87.3 Å². The van der Waals surface area contributed by atoms with Crippen LogP contribution in [0.15, 0.2) is 65.6 Å². The van der Waals surface area contributed by atoms with E-state index in [9.17, 15) is 32.3 Å². The number of piperidine rings is 2. The Bertz CT molecular complexity index is 2620. The molecule has 2 N–H and O–H groups in total. The Morgan fingerprint density at radius 3 is 2.44 bits per heavy atom. The average molecular weight is 849 g/mol. The second-order valence-corrected chi connectivity index (χ2v) is 17.1. The Balaban J connectivity index is 0.811. The number of hydrogen-bond donors (Lipinski definition) is 2. The number of carbonyl (C=O) groups is 3. The number of ether oxygens (including phenoxy) is 1. The lowest BCUT2D eigenvalue weighted by Crippen LogP contribution is -2.70. The van der Waals surface area contributed by atoms with Gasteiger partial charge in [0.25, 0.3) is 11.8 Å². The van der Waals surface area contributed by atoms with Crippen molar-refractivity contribution < 1.29 is 41.1 Å². The summed E-state index contributed by atoms with van der Waals surface area (Å²) in [6.45, 7) is 1.09. The number of nitrogens with one attached hydrogen (secondary N) is 2. The number of amides is 3. The molecule has 4 aliphatic rings. The summed E-state index contributed by atoms with van der Waals surface area (Å²) in [5.41, 5.74) is -0.00102. The van der Waals surface area contributed by atoms with Crippen LogP contribution in [0.3, 0.4) is 0 Å². The van der Waals surface area contributed by atoms with Crippen LogP contribution in [0.1, 0.15) is 73.0 Å². The number of anilines is 2. The predicted molar refractivity (Wildman–Crippen MR) is 216 cm³/mol. The molecule has 1 aliphatic carbocycles. The highest BCUT2D eigenvalue weighted by Crippen LogP contribution is 2.52. The van der Waals surface area contributed by atoms with E-state index in [0.717, 1.165) is 37.8 Å². The summed E-state index contributed by atoms with van der Waals surface area (Å²) >= 11 is 0. The maximum Gasteiger partial charge on any atom is 0.416 e. The van der Waals surface area contributed by atoms with Crippen molar-refractivity contribution >= 4 is 51.0 Å². The first-order valence-electron chi connectivity index (χ1n) is 20.5. The molecule has 0 bridgehead atoms. The molecule has 13 nitrogen and oxygen atoms in total. The molecule has 5 aromatic rings. The van der Waals surface area contributed by atoms with Gasteiger partial charge in [0.05, 0.1) is 58.6 Å². The summed E-state index contributed by atoms with van der Waals surface area (Å²) in [6.07, 6.45) is 1.23. The number of hydrogen-bond acceptors (Lipinski definition) is 8. The zero-order valence-electron chi connectivity index (χ0n) is 33.6. The summed E-state index contributed by atoms with van der Waals surface area (Å²) < 4.78 is 82.3. The zero-order chi connectivity index (χ0) is 43.0. The number of para-hydroxylation sites is 1. The molecule has 1 unspecified atom stereocenters. The van der Waals surface area contributed by atoms with Gasteiger partial charge in [0.2, 0.25) is 11.8 Å². The van der Waals surface area contributed by atoms with E-state index in [1.165, 1.54) is 28.4 Å². The Morgan fingerprint density at radius 1 is 0.984 bits per heavy atom. The molecule has 5 heterocycles. The average Bonchev–Trinajstić information content (AvgIpc) is 3.73. The number of nitrogens with zero attached hydrogens (tertiary/aromatic N) is 6. The molecule has 1 spiro atoms. The number of halogens is 5. The number of likely N-dealkylation sites (tertiary alicyclic amines) is 1. The van der Waals surface area contributed by atoms with Gasteiger partial charge in [-0.2, -0.15) is 18.3 Å². The highest BCUT2D eigenvalue weighted by Gasteiger charge is 2.62. The van der Waals surface area contributed by atoms with Crippen LogP contribution in [0, 0.1) is 11.3 Å². The fourth-order valence-electron chi connectivity index (χ4n) is 9.90. The molecule has 18 heteroatoms. The number of carbonyl (C=O) groups excluding carboxylic acids is 3. The van der Waals surface area contributed by atoms with Gasteiger partial charge < -0.3 is 15.0 Å². The van der Waals surface area contributed by atoms with E-state index in [4.69, 9.17) is 9.84 Å². The SMILES string of the molecule is COc1cc2nn(C3CCC(CN4CCC5(CN(c6cccc7c6n(C)c(=O)n7C6CCC(=O)NC6=O)C5)C(F)(F)C4)CC3)cc2cc1NC(=O)c1cccc(C(F)(F)F)c1. The Hall–Kier alpha value is -5.78. The van der Waals surface area contributed by atoms with Gasteiger partial charge in [0.15, 0.2) is 0 Å². The van der Waals surface area contributed by atoms with Crippen molar-refractivity contribution in [1.29, 1.82) is 0 Å². The van der Waals surface area contributed by atoms with Crippen molar-refractivity contribution in [2.75, 3.05) is 50.1 Å². The number of benzene rings is 3. The number of imide groups is 1. The van der Waals surface area contributed by atoms with Crippen LogP contribution in [0.5, 0.6) is 5.75 Å². The van der Waals surface area contributed by atoms with Crippen molar-refractivity contribution in [3.8, 4) is 5.75 Å². The number of rotatable bonds is 8. The molecule has 0 radical (unpaired) electrons. The second-order valence-electron chi connectivity index (χ2n) is 17.1. The predicted octanol–water partition coefficient (Wildman–Crippen LogP) is 6.53. The van der Waals surface area contributed by atoms with Gasteiger partial charge >= 0.3 is 11.9 Å². The van der Waals surface area contributed by atoms with Gasteiger partial charge in [-0.05, 0) is 87.4 Å². The summed E-state index contributed by atoms with van der Waals surface area (Å²) in [4.78, 5) is 54.6. The van der Waals surface area contributed by atoms with Crippen LogP contribution in [0.4, 0.5) is 33.3 Å². The molecule has 61 heavy (non-hydrogen) atoms. The van der Waals surface area contributed by atoms with Gasteiger partial charge in [-0.1, -0.05) is 12.1 Å². The summed E-state index contributed by atoms with van der Waals surface area (Å²) in [5.74, 6) is -4.00. The number of alkyl halides is 5. The Labute approximate surface area is 346 Å². The first-order chi connectivity index (χ1) is 29.0. The van der Waals surface area contributed by atoms with E-state index in [1.807, 2.05) is 26.7 Å². The van der Waals surface area contributed by atoms with Gasteiger partial charge in [0, 0.05) is 56.3 Å². The third kappa shape index (κ3) is 7.21. The van der Waals surface area contributed by atoms with Crippen molar-refractivity contribution in [2.45, 2.75) is 69.1 Å². The second kappa shape index (κ2) is 15.0. The third-order valence-corrected chi connectivity index (χ3v) is 13.3. The maximum atomic E-state index is 16.2. The standard InChI is InChI=1S/C43H45F5N8O5/c1-52-37-32(7-4-8-33(37)56(40(52)60)34-13-14-36(57)50-39(34)59)54-22-41(23-54)15-16-53(24-42(41,44)45)20-25-9-11-29(12-10-25)55-21-27-18-31(35(61-2)19-30(27)51-55)49-38(58)26-5-3-6-28(17-26)43(46,47)48/h3-8,17-19,21,25,29,34H,9-16,20,22-24H2,1-2H3,(H,49,58)(H,50,57,59). The number of aryl methyl sites for hydroxylation is 1. The maximum absolute atomic E-state index is 16.2. The molecule has 3 aliphatic heterocycles. The van der Waals surface area contributed by atoms with Crippen LogP contribution in [0.2, 0.25) is 0 Å². The topological polar surface area (TPSA) is 136 Å². The smallest absolute Gasteiger partial charge is 0.416 e. The van der Waals surface area contributed by atoms with Crippen LogP contribution >= 0.6 is 0 Å². The normalized spacial score (nSPS) is 23.0. The first kappa shape index (κ1) is 40.6. The summed E-state index contributed by atoms with van der Waals surface area (Å²) in [7, 11) is 3.04. The number of fused-ring (bicyclic) bond motifs is 2. The van der Waals surface area contributed by atoms with Gasteiger partial charge in [-0.15, -0.1) is 0 Å². The molecule has 1 atom stereocenters. The molecule has 322 valence electrons. The molecule has 4 fully saturated rings. The number of imidazole rings is 1. The number of methoxy groups -OCH3 is 1. The minimum Gasteiger partial charge on any atom is -0.494 e. The monoisotopic (exact) mass is 848 g/mol. The molecule has 9 rings (SSSR count). The quantitative estimate of drug-likeness (QED) is 0.133. The zero-order valence-corrected chi connectivity index (χ0v) is 33.6. The summed E-state index contributed by atoms with van der Waals surface area (Å²) in [5, 5.41) is 10.5. The van der Waals surface area contributed by atoms with Crippen LogP contribution < -0.4 is 26.0 Å². The molecule has 3 aromatic carbocycles. The first-order valence-corrected chi connectivity index (χ1v) is 20.5. The molecular weight excluding hydrogens is 804 g/mol. The highest BCUT2D eigenvalue weighted by atomic mass is 19.4. The molecule has 3 saturated heterocycles. The van der Waals surface area contributed by atoms with E-state index in [1.54, 1.807) is 31.3 Å². The van der Waals surface area contributed by atoms with Gasteiger partial charge in [-0.3, -0.25) is 38.4 Å². The minimum atomic E-state index is -4.59. The number of aromatic nitrogens is 4. The highest BCUT2D eigenvalue weighted by molar-refractivity contribution is 6.06. The largest absolute Gasteiger partial charge is 0.494 e. The van der Waals surface area contributed by atoms with Crippen molar-refractivity contribution in [1.82, 2.24) is 29.1 Å². The molecule has 2 aromatic heterocycles. The van der Waals surface area contributed by atoms with Gasteiger partial charge in [-0.25, -0.2) is 13.6 Å².